The van der Waals surface area contributed by atoms with Crippen molar-refractivity contribution in [3.8, 4) is 0 Å². The smallest absolute Gasteiger partial charge is 0.305 e. The first-order chi connectivity index (χ1) is 14.2. The van der Waals surface area contributed by atoms with Gasteiger partial charge in [-0.3, -0.25) is 24.0 Å². The second-order valence-electron chi connectivity index (χ2n) is 6.58. The van der Waals surface area contributed by atoms with Gasteiger partial charge in [0, 0.05) is 6.42 Å². The fraction of sp³-hybridized carbons (Fsp3) is 0.632. The van der Waals surface area contributed by atoms with Gasteiger partial charge in [-0.2, -0.15) is 0 Å². The van der Waals surface area contributed by atoms with E-state index in [-0.39, 0.29) is 12.2 Å². The van der Waals surface area contributed by atoms with Crippen molar-refractivity contribution in [1.29, 1.82) is 0 Å². The molecule has 0 aliphatic rings. The van der Waals surface area contributed by atoms with Gasteiger partial charge in [-0.05, 0) is 32.4 Å². The summed E-state index contributed by atoms with van der Waals surface area (Å²) >= 11 is 0. The van der Waals surface area contributed by atoms with Crippen molar-refractivity contribution in [3.05, 3.63) is 13.1 Å². The average molecular weight is 428 g/mol. The van der Waals surface area contributed by atoms with E-state index in [2.05, 4.69) is 21.3 Å². The number of Topliss-reactive ketones (excluding diaryl/α,β-unsaturated/α-hetero) is 1. The lowest BCUT2D eigenvalue weighted by atomic mass is 10.1. The Morgan fingerprint density at radius 1 is 0.967 bits per heavy atom. The molecule has 0 rings (SSSR count). The molecule has 2 radical (unpaired) electrons. The Morgan fingerprint density at radius 2 is 1.67 bits per heavy atom. The Morgan fingerprint density at radius 3 is 2.23 bits per heavy atom. The molecule has 0 aliphatic carbocycles. The Labute approximate surface area is 176 Å². The van der Waals surface area contributed by atoms with Gasteiger partial charge in [0.1, 0.15) is 19.1 Å². The van der Waals surface area contributed by atoms with Crippen molar-refractivity contribution in [3.63, 3.8) is 0 Å². The lowest BCUT2D eigenvalue weighted by Crippen LogP contribution is -2.53. The number of hydrogen-bond acceptors (Lipinski definition) is 7. The number of rotatable bonds is 17. The maximum atomic E-state index is 12.5. The van der Waals surface area contributed by atoms with E-state index in [9.17, 15) is 24.0 Å². The van der Waals surface area contributed by atoms with E-state index in [1.54, 1.807) is 0 Å². The number of carboxylic acid groups (broad SMARTS) is 1. The number of amides is 3. The van der Waals surface area contributed by atoms with Crippen LogP contribution in [0.15, 0.2) is 0 Å². The lowest BCUT2D eigenvalue weighted by molar-refractivity contribution is -0.140. The Bertz CT molecular complexity index is 584. The number of carboxylic acids is 1. The van der Waals surface area contributed by atoms with Gasteiger partial charge in [-0.1, -0.05) is 20.3 Å². The molecule has 0 aromatic rings. The van der Waals surface area contributed by atoms with Crippen LogP contribution >= 0.6 is 0 Å². The number of unbranched alkanes of at least 4 members (excludes halogenated alkanes) is 1. The molecule has 11 heteroatoms. The molecular formula is C19H33N5O6. The van der Waals surface area contributed by atoms with Gasteiger partial charge in [0.15, 0.2) is 5.78 Å². The summed E-state index contributed by atoms with van der Waals surface area (Å²) in [7, 11) is 0. The summed E-state index contributed by atoms with van der Waals surface area (Å²) < 4.78 is 0. The molecule has 3 amide bonds. The third kappa shape index (κ3) is 12.8. The zero-order valence-electron chi connectivity index (χ0n) is 17.5. The first kappa shape index (κ1) is 27.5. The minimum Gasteiger partial charge on any atom is -0.481 e. The van der Waals surface area contributed by atoms with Gasteiger partial charge in [-0.15, -0.1) is 0 Å². The molecule has 0 heterocycles. The van der Waals surface area contributed by atoms with Crippen molar-refractivity contribution >= 4 is 29.5 Å². The third-order valence-corrected chi connectivity index (χ3v) is 3.94. The summed E-state index contributed by atoms with van der Waals surface area (Å²) in [6.45, 7) is 6.40. The minimum absolute atomic E-state index is 0.273. The Kier molecular flexibility index (Phi) is 14.9. The molecule has 0 aromatic heterocycles. The molecule has 30 heavy (non-hydrogen) atoms. The van der Waals surface area contributed by atoms with Crippen molar-refractivity contribution in [2.45, 2.75) is 64.5 Å². The second kappa shape index (κ2) is 16.3. The van der Waals surface area contributed by atoms with Crippen LogP contribution < -0.4 is 27.0 Å². The van der Waals surface area contributed by atoms with Crippen LogP contribution in [0.5, 0.6) is 0 Å². The lowest BCUT2D eigenvalue weighted by Gasteiger charge is -2.22. The van der Waals surface area contributed by atoms with Gasteiger partial charge in [0.25, 0.3) is 0 Å². The van der Waals surface area contributed by atoms with Crippen LogP contribution in [-0.4, -0.2) is 59.8 Å². The van der Waals surface area contributed by atoms with Crippen LogP contribution in [0.1, 0.15) is 52.4 Å². The molecule has 0 fully saturated rings. The van der Waals surface area contributed by atoms with Crippen molar-refractivity contribution < 1.29 is 29.1 Å². The molecule has 0 bridgehead atoms. The summed E-state index contributed by atoms with van der Waals surface area (Å²) in [5, 5.41) is 18.8. The number of carbonyl (C=O) groups is 5. The van der Waals surface area contributed by atoms with Crippen LogP contribution in [0.4, 0.5) is 0 Å². The monoisotopic (exact) mass is 427 g/mol. The van der Waals surface area contributed by atoms with Gasteiger partial charge in [0.05, 0.1) is 12.5 Å². The highest BCUT2D eigenvalue weighted by atomic mass is 16.4. The first-order valence-electron chi connectivity index (χ1n) is 10.0. The Balaban J connectivity index is 4.77. The number of hydrogen-bond donors (Lipinski definition) is 6. The number of nitrogens with two attached hydrogens (primary N) is 1. The van der Waals surface area contributed by atoms with Crippen molar-refractivity contribution in [2.24, 2.45) is 5.73 Å². The predicted molar refractivity (Wildman–Crippen MR) is 109 cm³/mol. The molecule has 170 valence electrons. The number of aliphatic carboxylic acids is 1. The summed E-state index contributed by atoms with van der Waals surface area (Å²) in [4.78, 5) is 58.9. The van der Waals surface area contributed by atoms with E-state index in [0.717, 1.165) is 19.5 Å². The van der Waals surface area contributed by atoms with Gasteiger partial charge in [-0.25, -0.2) is 0 Å². The van der Waals surface area contributed by atoms with E-state index in [1.807, 2.05) is 13.8 Å². The molecule has 0 spiro atoms. The molecule has 0 saturated carbocycles. The number of likely N-dealkylation sites (N-methyl/N-ethyl adjacent to an activating group) is 1. The van der Waals surface area contributed by atoms with Gasteiger partial charge >= 0.3 is 5.97 Å². The maximum Gasteiger partial charge on any atom is 0.305 e. The quantitative estimate of drug-likeness (QED) is 0.160. The summed E-state index contributed by atoms with van der Waals surface area (Å²) in [6.07, 6.45) is 2.15. The maximum absolute atomic E-state index is 12.5. The standard InChI is InChI=1S/C19H33N5O6/c1-3-7-13(25)11-22-16(26)12-23-18(29)15(10-17(27)28)24-19(30)14(21-4-2)8-5-6-9-20/h11-12,14-15,21H,3-10,20H2,1-2H3,(H,22,26)(H,23,29)(H,24,30)(H,27,28). The molecule has 0 aromatic carbocycles. The fourth-order valence-electron chi connectivity index (χ4n) is 2.47. The minimum atomic E-state index is -1.37. The highest BCUT2D eigenvalue weighted by molar-refractivity contribution is 5.97. The first-order valence-corrected chi connectivity index (χ1v) is 10.0. The topological polar surface area (TPSA) is 180 Å². The molecule has 11 nitrogen and oxygen atoms in total. The fourth-order valence-corrected chi connectivity index (χ4v) is 2.47. The largest absolute Gasteiger partial charge is 0.481 e. The highest BCUT2D eigenvalue weighted by Gasteiger charge is 2.27. The summed E-state index contributed by atoms with van der Waals surface area (Å²) in [6, 6.07) is -1.97. The van der Waals surface area contributed by atoms with Crippen molar-refractivity contribution in [2.75, 3.05) is 13.1 Å². The van der Waals surface area contributed by atoms with Crippen LogP contribution in [0.3, 0.4) is 0 Å². The number of ketones is 1. The predicted octanol–water partition coefficient (Wildman–Crippen LogP) is -1.02. The van der Waals surface area contributed by atoms with E-state index < -0.39 is 42.2 Å². The zero-order valence-corrected chi connectivity index (χ0v) is 17.5. The van der Waals surface area contributed by atoms with Crippen LogP contribution in [0, 0.1) is 13.1 Å². The third-order valence-electron chi connectivity index (χ3n) is 3.94. The highest BCUT2D eigenvalue weighted by Crippen LogP contribution is 2.03. The van der Waals surface area contributed by atoms with Crippen LogP contribution in [0.2, 0.25) is 0 Å². The van der Waals surface area contributed by atoms with E-state index in [4.69, 9.17) is 10.8 Å². The van der Waals surface area contributed by atoms with Crippen molar-refractivity contribution in [1.82, 2.24) is 21.3 Å². The van der Waals surface area contributed by atoms with Crippen LogP contribution in [-0.2, 0) is 24.0 Å². The SMILES string of the molecule is CCCC(=O)[CH]NC(=O)[CH]NC(=O)C(CC(=O)O)NC(=O)C(CCCCN)NCC. The average Bonchev–Trinajstić information content (AvgIpc) is 2.69. The van der Waals surface area contributed by atoms with Gasteiger partial charge < -0.3 is 32.1 Å². The molecule has 2 atom stereocenters. The summed E-state index contributed by atoms with van der Waals surface area (Å²) in [5.74, 6) is -3.70. The molecule has 0 saturated heterocycles. The van der Waals surface area contributed by atoms with E-state index in [1.165, 1.54) is 0 Å². The van der Waals surface area contributed by atoms with Gasteiger partial charge in [0.2, 0.25) is 17.7 Å². The normalized spacial score (nSPS) is 12.5. The molecular weight excluding hydrogens is 394 g/mol. The molecule has 0 aliphatic heterocycles. The molecule has 2 unspecified atom stereocenters. The zero-order chi connectivity index (χ0) is 22.9. The van der Waals surface area contributed by atoms with Crippen LogP contribution in [0.25, 0.3) is 0 Å². The second-order valence-corrected chi connectivity index (χ2v) is 6.58. The summed E-state index contributed by atoms with van der Waals surface area (Å²) in [5.41, 5.74) is 5.45. The van der Waals surface area contributed by atoms with E-state index in [0.29, 0.717) is 32.4 Å². The van der Waals surface area contributed by atoms with E-state index >= 15 is 0 Å². The number of nitrogens with one attached hydrogen (secondary N) is 4. The Hall–Kier alpha value is -2.53. The number of carbonyl (C=O) groups excluding carboxylic acids is 4. The molecule has 7 N–H and O–H groups in total.